The molecule has 0 aliphatic heterocycles. The first kappa shape index (κ1) is 14.8. The first-order valence-electron chi connectivity index (χ1n) is 6.37. The van der Waals surface area contributed by atoms with Crippen molar-refractivity contribution in [1.82, 2.24) is 5.32 Å². The maximum atomic E-state index is 12.1. The van der Waals surface area contributed by atoms with Crippen molar-refractivity contribution in [1.29, 1.82) is 0 Å². The SMILES string of the molecule is CC(NC(=O)C(CN)CC(C)(C)C)c1ccco1. The van der Waals surface area contributed by atoms with E-state index in [1.165, 1.54) is 0 Å². The van der Waals surface area contributed by atoms with Crippen molar-refractivity contribution >= 4 is 5.91 Å². The van der Waals surface area contributed by atoms with Gasteiger partial charge in [-0.05, 0) is 30.9 Å². The first-order valence-corrected chi connectivity index (χ1v) is 6.37. The molecule has 0 radical (unpaired) electrons. The molecule has 0 saturated heterocycles. The van der Waals surface area contributed by atoms with Crippen LogP contribution < -0.4 is 11.1 Å². The third-order valence-electron chi connectivity index (χ3n) is 2.84. The van der Waals surface area contributed by atoms with Gasteiger partial charge in [0.1, 0.15) is 5.76 Å². The van der Waals surface area contributed by atoms with Crippen molar-refractivity contribution in [2.45, 2.75) is 40.2 Å². The second-order valence-corrected chi connectivity index (χ2v) is 5.94. The van der Waals surface area contributed by atoms with E-state index in [4.69, 9.17) is 10.2 Å². The molecule has 2 unspecified atom stereocenters. The lowest BCUT2D eigenvalue weighted by molar-refractivity contribution is -0.126. The summed E-state index contributed by atoms with van der Waals surface area (Å²) in [4.78, 5) is 12.1. The molecule has 102 valence electrons. The van der Waals surface area contributed by atoms with Gasteiger partial charge in [0.2, 0.25) is 5.91 Å². The van der Waals surface area contributed by atoms with E-state index in [2.05, 4.69) is 26.1 Å². The van der Waals surface area contributed by atoms with E-state index < -0.39 is 0 Å². The van der Waals surface area contributed by atoms with Crippen LogP contribution in [-0.4, -0.2) is 12.5 Å². The van der Waals surface area contributed by atoms with Gasteiger partial charge in [-0.25, -0.2) is 0 Å². The summed E-state index contributed by atoms with van der Waals surface area (Å²) < 4.78 is 5.26. The van der Waals surface area contributed by atoms with Gasteiger partial charge < -0.3 is 15.5 Å². The minimum atomic E-state index is -0.151. The van der Waals surface area contributed by atoms with E-state index in [-0.39, 0.29) is 23.3 Å². The number of nitrogens with two attached hydrogens (primary N) is 1. The summed E-state index contributed by atoms with van der Waals surface area (Å²) in [6, 6.07) is 3.54. The van der Waals surface area contributed by atoms with E-state index >= 15 is 0 Å². The van der Waals surface area contributed by atoms with Crippen LogP contribution in [0.4, 0.5) is 0 Å². The van der Waals surface area contributed by atoms with Crippen molar-refractivity contribution in [3.8, 4) is 0 Å². The Labute approximate surface area is 109 Å². The maximum absolute atomic E-state index is 12.1. The van der Waals surface area contributed by atoms with Crippen LogP contribution in [0.25, 0.3) is 0 Å². The Kier molecular flexibility index (Phi) is 4.96. The fourth-order valence-electron chi connectivity index (χ4n) is 1.96. The fraction of sp³-hybridized carbons (Fsp3) is 0.643. The molecular formula is C14H24N2O2. The van der Waals surface area contributed by atoms with Crippen LogP contribution in [0.5, 0.6) is 0 Å². The number of amides is 1. The Morgan fingerprint density at radius 2 is 2.17 bits per heavy atom. The van der Waals surface area contributed by atoms with Gasteiger partial charge in [0.05, 0.1) is 18.2 Å². The number of nitrogens with one attached hydrogen (secondary N) is 1. The summed E-state index contributed by atoms with van der Waals surface area (Å²) in [5.41, 5.74) is 5.78. The van der Waals surface area contributed by atoms with Crippen molar-refractivity contribution in [3.63, 3.8) is 0 Å². The number of carbonyl (C=O) groups excluding carboxylic acids is 1. The third-order valence-corrected chi connectivity index (χ3v) is 2.84. The largest absolute Gasteiger partial charge is 0.467 e. The quantitative estimate of drug-likeness (QED) is 0.846. The predicted molar refractivity (Wildman–Crippen MR) is 71.9 cm³/mol. The molecule has 0 bridgehead atoms. The zero-order chi connectivity index (χ0) is 13.8. The van der Waals surface area contributed by atoms with E-state index in [1.54, 1.807) is 6.26 Å². The van der Waals surface area contributed by atoms with Crippen LogP contribution >= 0.6 is 0 Å². The van der Waals surface area contributed by atoms with Crippen molar-refractivity contribution in [3.05, 3.63) is 24.2 Å². The Hall–Kier alpha value is -1.29. The van der Waals surface area contributed by atoms with Gasteiger partial charge in [0.25, 0.3) is 0 Å². The summed E-state index contributed by atoms with van der Waals surface area (Å²) in [5.74, 6) is 0.605. The normalized spacial score (nSPS) is 15.2. The summed E-state index contributed by atoms with van der Waals surface area (Å²) in [6.45, 7) is 8.60. The molecule has 1 heterocycles. The molecule has 3 N–H and O–H groups in total. The zero-order valence-corrected chi connectivity index (χ0v) is 11.7. The minimum absolute atomic E-state index is 0.00340. The lowest BCUT2D eigenvalue weighted by Gasteiger charge is -2.25. The van der Waals surface area contributed by atoms with E-state index in [0.29, 0.717) is 6.54 Å². The molecule has 18 heavy (non-hydrogen) atoms. The van der Waals surface area contributed by atoms with Gasteiger partial charge in [-0.1, -0.05) is 20.8 Å². The Bertz CT molecular complexity index is 366. The van der Waals surface area contributed by atoms with E-state index in [0.717, 1.165) is 12.2 Å². The molecule has 0 aliphatic carbocycles. The molecule has 4 heteroatoms. The fourth-order valence-corrected chi connectivity index (χ4v) is 1.96. The topological polar surface area (TPSA) is 68.3 Å². The van der Waals surface area contributed by atoms with E-state index in [9.17, 15) is 4.79 Å². The van der Waals surface area contributed by atoms with Gasteiger partial charge in [-0.3, -0.25) is 4.79 Å². The van der Waals surface area contributed by atoms with Gasteiger partial charge >= 0.3 is 0 Å². The average molecular weight is 252 g/mol. The monoisotopic (exact) mass is 252 g/mol. The van der Waals surface area contributed by atoms with E-state index in [1.807, 2.05) is 19.1 Å². The number of hydrogen-bond acceptors (Lipinski definition) is 3. The van der Waals surface area contributed by atoms with Crippen LogP contribution in [0.3, 0.4) is 0 Å². The lowest BCUT2D eigenvalue weighted by Crippen LogP contribution is -2.38. The number of rotatable bonds is 5. The molecule has 4 nitrogen and oxygen atoms in total. The molecule has 1 rings (SSSR count). The number of furan rings is 1. The van der Waals surface area contributed by atoms with Gasteiger partial charge in [0, 0.05) is 6.54 Å². The molecular weight excluding hydrogens is 228 g/mol. The highest BCUT2D eigenvalue weighted by atomic mass is 16.3. The average Bonchev–Trinajstić information content (AvgIpc) is 2.77. The highest BCUT2D eigenvalue weighted by Crippen LogP contribution is 2.24. The highest BCUT2D eigenvalue weighted by molar-refractivity contribution is 5.79. The van der Waals surface area contributed by atoms with Crippen LogP contribution in [-0.2, 0) is 4.79 Å². The molecule has 0 saturated carbocycles. The summed E-state index contributed by atoms with van der Waals surface area (Å²) in [6.07, 6.45) is 2.38. The van der Waals surface area contributed by atoms with Crippen molar-refractivity contribution < 1.29 is 9.21 Å². The van der Waals surface area contributed by atoms with Crippen molar-refractivity contribution in [2.24, 2.45) is 17.1 Å². The Morgan fingerprint density at radius 3 is 2.61 bits per heavy atom. The molecule has 1 amide bonds. The minimum Gasteiger partial charge on any atom is -0.467 e. The predicted octanol–water partition coefficient (Wildman–Crippen LogP) is 2.47. The highest BCUT2D eigenvalue weighted by Gasteiger charge is 2.25. The second-order valence-electron chi connectivity index (χ2n) is 5.94. The van der Waals surface area contributed by atoms with Crippen LogP contribution in [0.2, 0.25) is 0 Å². The molecule has 0 aliphatic rings. The standard InChI is InChI=1S/C14H24N2O2/c1-10(12-6-5-7-18-12)16-13(17)11(9-15)8-14(2,3)4/h5-7,10-11H,8-9,15H2,1-4H3,(H,16,17). The molecule has 0 aromatic carbocycles. The van der Waals surface area contributed by atoms with Gasteiger partial charge in [-0.2, -0.15) is 0 Å². The smallest absolute Gasteiger partial charge is 0.224 e. The third kappa shape index (κ3) is 4.53. The molecule has 0 spiro atoms. The maximum Gasteiger partial charge on any atom is 0.224 e. The Balaban J connectivity index is 2.57. The second kappa shape index (κ2) is 6.05. The molecule has 1 aromatic heterocycles. The summed E-state index contributed by atoms with van der Waals surface area (Å²) in [5, 5.41) is 2.94. The molecule has 2 atom stereocenters. The molecule has 0 fully saturated rings. The van der Waals surface area contributed by atoms with Crippen molar-refractivity contribution in [2.75, 3.05) is 6.54 Å². The van der Waals surface area contributed by atoms with Gasteiger partial charge in [0.15, 0.2) is 0 Å². The lowest BCUT2D eigenvalue weighted by atomic mass is 9.84. The Morgan fingerprint density at radius 1 is 1.50 bits per heavy atom. The zero-order valence-electron chi connectivity index (χ0n) is 11.7. The number of hydrogen-bond donors (Lipinski definition) is 2. The first-order chi connectivity index (χ1) is 8.33. The summed E-state index contributed by atoms with van der Waals surface area (Å²) in [7, 11) is 0. The molecule has 1 aromatic rings. The van der Waals surface area contributed by atoms with Crippen LogP contribution in [0, 0.1) is 11.3 Å². The summed E-state index contributed by atoms with van der Waals surface area (Å²) >= 11 is 0. The number of carbonyl (C=O) groups is 1. The van der Waals surface area contributed by atoms with Gasteiger partial charge in [-0.15, -0.1) is 0 Å². The van der Waals surface area contributed by atoms with Crippen LogP contribution in [0.1, 0.15) is 45.9 Å². The van der Waals surface area contributed by atoms with Crippen LogP contribution in [0.15, 0.2) is 22.8 Å².